The molecular weight excluding hydrogens is 151 g/mol. The molecule has 0 saturated carbocycles. The van der Waals surface area contributed by atoms with Crippen molar-refractivity contribution < 1.29 is 9.09 Å². The lowest BCUT2D eigenvalue weighted by Crippen LogP contribution is -2.08. The van der Waals surface area contributed by atoms with Crippen molar-refractivity contribution in [1.29, 1.82) is 0 Å². The van der Waals surface area contributed by atoms with Crippen molar-refractivity contribution in [2.45, 2.75) is 26.2 Å². The van der Waals surface area contributed by atoms with E-state index in [2.05, 4.69) is 11.4 Å². The quantitative estimate of drug-likeness (QED) is 0.475. The molecule has 0 heterocycles. The zero-order chi connectivity index (χ0) is 8.04. The van der Waals surface area contributed by atoms with E-state index in [-0.39, 0.29) is 0 Å². The van der Waals surface area contributed by atoms with Crippen LogP contribution in [0.15, 0.2) is 0 Å². The van der Waals surface area contributed by atoms with Crippen LogP contribution < -0.4 is 11.0 Å². The Morgan fingerprint density at radius 2 is 2.00 bits per heavy atom. The predicted octanol–water partition coefficient (Wildman–Crippen LogP) is 1.22. The van der Waals surface area contributed by atoms with Gasteiger partial charge in [-0.1, -0.05) is 19.8 Å². The molecule has 5 heteroatoms. The minimum absolute atomic E-state index is 0.401. The van der Waals surface area contributed by atoms with Gasteiger partial charge in [-0.2, -0.15) is 0 Å². The Hall–Kier alpha value is 0.110. The molecule has 0 aromatic carbocycles. The Balaban J connectivity index is 3.13. The van der Waals surface area contributed by atoms with Gasteiger partial charge in [0.25, 0.3) is 0 Å². The van der Waals surface area contributed by atoms with Crippen molar-refractivity contribution in [3.05, 3.63) is 0 Å². The summed E-state index contributed by atoms with van der Waals surface area (Å²) in [7, 11) is -3.21. The molecule has 0 fully saturated rings. The van der Waals surface area contributed by atoms with Crippen LogP contribution in [0.25, 0.3) is 0 Å². The van der Waals surface area contributed by atoms with Crippen LogP contribution in [0.5, 0.6) is 0 Å². The minimum Gasteiger partial charge on any atom is -0.306 e. The van der Waals surface area contributed by atoms with Gasteiger partial charge in [-0.25, -0.2) is 11.0 Å². The summed E-state index contributed by atoms with van der Waals surface area (Å²) in [5.74, 6) is 0. The molecule has 0 aromatic rings. The molecule has 10 heavy (non-hydrogen) atoms. The highest BCUT2D eigenvalue weighted by Crippen LogP contribution is 2.26. The lowest BCUT2D eigenvalue weighted by molar-refractivity contribution is 0.304. The molecule has 62 valence electrons. The standard InChI is InChI=1S/C5H15N2O2P/c1-2-3-4-5-9-10(6,7)8/h2-5H2,1H3,(H4,6,7,8). The highest BCUT2D eigenvalue weighted by molar-refractivity contribution is 7.53. The molecule has 4 nitrogen and oxygen atoms in total. The normalized spacial score (nSPS) is 11.9. The van der Waals surface area contributed by atoms with Crippen LogP contribution in [-0.4, -0.2) is 6.61 Å². The van der Waals surface area contributed by atoms with Crippen LogP contribution in [0.4, 0.5) is 0 Å². The lowest BCUT2D eigenvalue weighted by Gasteiger charge is -2.05. The van der Waals surface area contributed by atoms with Gasteiger partial charge in [0.2, 0.25) is 0 Å². The van der Waals surface area contributed by atoms with E-state index in [0.29, 0.717) is 6.61 Å². The van der Waals surface area contributed by atoms with E-state index in [4.69, 9.17) is 11.0 Å². The largest absolute Gasteiger partial charge is 0.335 e. The summed E-state index contributed by atoms with van der Waals surface area (Å²) in [4.78, 5) is 0. The van der Waals surface area contributed by atoms with Gasteiger partial charge < -0.3 is 4.52 Å². The Morgan fingerprint density at radius 1 is 1.40 bits per heavy atom. The van der Waals surface area contributed by atoms with Gasteiger partial charge >= 0.3 is 7.67 Å². The molecule has 0 aliphatic carbocycles. The minimum atomic E-state index is -3.21. The number of rotatable bonds is 5. The van der Waals surface area contributed by atoms with Crippen LogP contribution in [0.1, 0.15) is 26.2 Å². The highest BCUT2D eigenvalue weighted by Gasteiger charge is 2.06. The van der Waals surface area contributed by atoms with E-state index in [1.54, 1.807) is 0 Å². The maximum Gasteiger partial charge on any atom is 0.335 e. The highest BCUT2D eigenvalue weighted by atomic mass is 31.2. The van der Waals surface area contributed by atoms with Crippen molar-refractivity contribution in [2.24, 2.45) is 11.0 Å². The van der Waals surface area contributed by atoms with Gasteiger partial charge in [-0.05, 0) is 6.42 Å². The topological polar surface area (TPSA) is 78.3 Å². The van der Waals surface area contributed by atoms with Gasteiger partial charge in [0.15, 0.2) is 0 Å². The van der Waals surface area contributed by atoms with E-state index in [0.717, 1.165) is 19.3 Å². The van der Waals surface area contributed by atoms with Gasteiger partial charge in [-0.3, -0.25) is 4.57 Å². The SMILES string of the molecule is CCCCCOP(N)(N)=O. The fourth-order valence-electron chi connectivity index (χ4n) is 0.559. The zero-order valence-electron chi connectivity index (χ0n) is 6.25. The summed E-state index contributed by atoms with van der Waals surface area (Å²) < 4.78 is 15.2. The van der Waals surface area contributed by atoms with E-state index < -0.39 is 7.67 Å². The maximum atomic E-state index is 10.5. The van der Waals surface area contributed by atoms with Gasteiger partial charge in [-0.15, -0.1) is 0 Å². The second-order valence-electron chi connectivity index (χ2n) is 2.19. The molecule has 4 N–H and O–H groups in total. The first kappa shape index (κ1) is 10.1. The Bertz CT molecular complexity index is 123. The molecule has 0 bridgehead atoms. The van der Waals surface area contributed by atoms with Crippen LogP contribution in [0.2, 0.25) is 0 Å². The summed E-state index contributed by atoms with van der Waals surface area (Å²) in [6.07, 6.45) is 3.03. The first-order chi connectivity index (χ1) is 4.56. The fraction of sp³-hybridized carbons (Fsp3) is 1.00. The van der Waals surface area contributed by atoms with Crippen LogP contribution in [-0.2, 0) is 9.09 Å². The third kappa shape index (κ3) is 8.11. The molecule has 0 radical (unpaired) electrons. The van der Waals surface area contributed by atoms with Crippen LogP contribution in [0.3, 0.4) is 0 Å². The first-order valence-electron chi connectivity index (χ1n) is 3.38. The summed E-state index contributed by atoms with van der Waals surface area (Å²) in [5.41, 5.74) is 9.86. The average Bonchev–Trinajstić information content (AvgIpc) is 1.78. The Kier molecular flexibility index (Phi) is 4.91. The third-order valence-corrected chi connectivity index (χ3v) is 1.63. The van der Waals surface area contributed by atoms with Crippen molar-refractivity contribution in [3.8, 4) is 0 Å². The van der Waals surface area contributed by atoms with Gasteiger partial charge in [0.05, 0.1) is 6.61 Å². The zero-order valence-corrected chi connectivity index (χ0v) is 7.14. The van der Waals surface area contributed by atoms with Gasteiger partial charge in [0.1, 0.15) is 0 Å². The average molecular weight is 166 g/mol. The molecule has 0 atom stereocenters. The summed E-state index contributed by atoms with van der Waals surface area (Å²) >= 11 is 0. The molecular formula is C5H15N2O2P. The summed E-state index contributed by atoms with van der Waals surface area (Å²) in [5, 5.41) is 0. The van der Waals surface area contributed by atoms with E-state index in [1.165, 1.54) is 0 Å². The first-order valence-corrected chi connectivity index (χ1v) is 5.14. The molecule has 0 unspecified atom stereocenters. The Labute approximate surface area is 61.5 Å². The van der Waals surface area contributed by atoms with Crippen molar-refractivity contribution in [2.75, 3.05) is 6.61 Å². The third-order valence-electron chi connectivity index (χ3n) is 1.04. The molecule has 0 aliphatic rings. The Morgan fingerprint density at radius 3 is 2.40 bits per heavy atom. The van der Waals surface area contributed by atoms with Gasteiger partial charge in [0, 0.05) is 0 Å². The predicted molar refractivity (Wildman–Crippen MR) is 41.5 cm³/mol. The monoisotopic (exact) mass is 166 g/mol. The van der Waals surface area contributed by atoms with E-state index in [9.17, 15) is 4.57 Å². The summed E-state index contributed by atoms with van der Waals surface area (Å²) in [6.45, 7) is 2.47. The van der Waals surface area contributed by atoms with Crippen molar-refractivity contribution in [3.63, 3.8) is 0 Å². The molecule has 0 aliphatic heterocycles. The molecule has 0 spiro atoms. The van der Waals surface area contributed by atoms with Crippen LogP contribution in [0, 0.1) is 0 Å². The van der Waals surface area contributed by atoms with E-state index in [1.807, 2.05) is 0 Å². The fourth-order valence-corrected chi connectivity index (χ4v) is 0.974. The second-order valence-corrected chi connectivity index (χ2v) is 3.73. The second kappa shape index (κ2) is 4.85. The van der Waals surface area contributed by atoms with E-state index >= 15 is 0 Å². The maximum absolute atomic E-state index is 10.5. The molecule has 0 saturated heterocycles. The lowest BCUT2D eigenvalue weighted by atomic mass is 10.3. The van der Waals surface area contributed by atoms with Crippen LogP contribution >= 0.6 is 7.67 Å². The number of hydrogen-bond acceptors (Lipinski definition) is 2. The molecule has 0 rings (SSSR count). The summed E-state index contributed by atoms with van der Waals surface area (Å²) in [6, 6.07) is 0. The molecule has 0 amide bonds. The number of unbranched alkanes of at least 4 members (excludes halogenated alkanes) is 2. The number of nitrogens with two attached hydrogens (primary N) is 2. The van der Waals surface area contributed by atoms with Crippen molar-refractivity contribution >= 4 is 7.67 Å². The smallest absolute Gasteiger partial charge is 0.306 e. The number of hydrogen-bond donors (Lipinski definition) is 2. The van der Waals surface area contributed by atoms with Crippen molar-refractivity contribution in [1.82, 2.24) is 0 Å². The molecule has 0 aromatic heterocycles.